The number of hydrogen-bond acceptors (Lipinski definition) is 4. The van der Waals surface area contributed by atoms with Crippen LogP contribution in [0.3, 0.4) is 0 Å². The molecule has 0 amide bonds. The second-order valence-electron chi connectivity index (χ2n) is 7.43. The Morgan fingerprint density at radius 2 is 1.96 bits per heavy atom. The molecule has 1 aromatic carbocycles. The van der Waals surface area contributed by atoms with Crippen molar-refractivity contribution in [3.05, 3.63) is 62.5 Å². The van der Waals surface area contributed by atoms with Crippen LogP contribution in [0.1, 0.15) is 60.8 Å². The zero-order valence-electron chi connectivity index (χ0n) is 14.4. The molecule has 0 bridgehead atoms. The zero-order chi connectivity index (χ0) is 18.3. The third-order valence-corrected chi connectivity index (χ3v) is 5.77. The summed E-state index contributed by atoms with van der Waals surface area (Å²) in [6.45, 7) is 0. The van der Waals surface area contributed by atoms with Crippen LogP contribution in [-0.2, 0) is 0 Å². The van der Waals surface area contributed by atoms with E-state index in [0.717, 1.165) is 48.9 Å². The molecule has 2 aromatic rings. The standard InChI is InChI=1S/C20H23ClN2O3/c21-16-9-12(3-7-18(16)24)15(10-13-4-8-19(25)22-13)17-6-5-14(11-1-2-11)20(26)23-17/h3,5-7,9,11,13,15,19,22,24-25H,1-2,4,8,10H2,(H,23,26)/t13-,15?,19?/m1/s1. The summed E-state index contributed by atoms with van der Waals surface area (Å²) < 4.78 is 0. The lowest BCUT2D eigenvalue weighted by Crippen LogP contribution is -2.31. The number of phenolic OH excluding ortho intramolecular Hbond substituents is 1. The second kappa shape index (κ2) is 7.06. The van der Waals surface area contributed by atoms with Gasteiger partial charge in [-0.15, -0.1) is 0 Å². The molecule has 2 heterocycles. The minimum atomic E-state index is -0.472. The number of rotatable bonds is 5. The Labute approximate surface area is 157 Å². The first-order chi connectivity index (χ1) is 12.5. The number of H-pyrrole nitrogens is 1. The zero-order valence-corrected chi connectivity index (χ0v) is 15.2. The fourth-order valence-corrected chi connectivity index (χ4v) is 4.06. The number of phenols is 1. The molecule has 2 aliphatic rings. The van der Waals surface area contributed by atoms with Crippen LogP contribution in [0.15, 0.2) is 35.1 Å². The monoisotopic (exact) mass is 374 g/mol. The van der Waals surface area contributed by atoms with Gasteiger partial charge in [-0.1, -0.05) is 23.7 Å². The third-order valence-electron chi connectivity index (χ3n) is 5.47. The van der Waals surface area contributed by atoms with Gasteiger partial charge in [-0.2, -0.15) is 0 Å². The lowest BCUT2D eigenvalue weighted by atomic mass is 9.88. The van der Waals surface area contributed by atoms with Gasteiger partial charge >= 0.3 is 0 Å². The van der Waals surface area contributed by atoms with E-state index in [-0.39, 0.29) is 23.3 Å². The summed E-state index contributed by atoms with van der Waals surface area (Å²) in [6.07, 6.45) is 4.04. The molecular weight excluding hydrogens is 352 g/mol. The summed E-state index contributed by atoms with van der Waals surface area (Å²) in [5, 5.41) is 23.0. The highest BCUT2D eigenvalue weighted by Crippen LogP contribution is 2.39. The van der Waals surface area contributed by atoms with Gasteiger partial charge in [0.1, 0.15) is 12.0 Å². The van der Waals surface area contributed by atoms with Gasteiger partial charge in [0.2, 0.25) is 0 Å². The summed E-state index contributed by atoms with van der Waals surface area (Å²) in [5.41, 5.74) is 2.63. The number of pyridine rings is 1. The van der Waals surface area contributed by atoms with Crippen LogP contribution in [0.4, 0.5) is 0 Å². The molecule has 138 valence electrons. The first-order valence-electron chi connectivity index (χ1n) is 9.17. The molecule has 1 aliphatic heterocycles. The van der Waals surface area contributed by atoms with Crippen molar-refractivity contribution in [3.8, 4) is 5.75 Å². The maximum atomic E-state index is 12.5. The van der Waals surface area contributed by atoms with Gasteiger partial charge in [-0.3, -0.25) is 10.1 Å². The van der Waals surface area contributed by atoms with Gasteiger partial charge in [-0.05, 0) is 61.8 Å². The van der Waals surface area contributed by atoms with E-state index in [4.69, 9.17) is 11.6 Å². The number of aliphatic hydroxyl groups is 1. The fraction of sp³-hybridized carbons (Fsp3) is 0.450. The Bertz CT molecular complexity index is 862. The Morgan fingerprint density at radius 1 is 1.15 bits per heavy atom. The molecule has 6 heteroatoms. The van der Waals surface area contributed by atoms with E-state index in [9.17, 15) is 15.0 Å². The Balaban J connectivity index is 1.68. The number of nitrogens with one attached hydrogen (secondary N) is 2. The van der Waals surface area contributed by atoms with E-state index in [2.05, 4.69) is 10.3 Å². The van der Waals surface area contributed by atoms with Crippen LogP contribution < -0.4 is 10.9 Å². The minimum Gasteiger partial charge on any atom is -0.506 e. The molecule has 2 unspecified atom stereocenters. The largest absolute Gasteiger partial charge is 0.506 e. The Kier molecular flexibility index (Phi) is 4.78. The quantitative estimate of drug-likeness (QED) is 0.647. The van der Waals surface area contributed by atoms with Gasteiger partial charge in [0, 0.05) is 23.2 Å². The van der Waals surface area contributed by atoms with Gasteiger partial charge < -0.3 is 15.2 Å². The summed E-state index contributed by atoms with van der Waals surface area (Å²) >= 11 is 6.11. The maximum Gasteiger partial charge on any atom is 0.251 e. The molecular formula is C20H23ClN2O3. The van der Waals surface area contributed by atoms with Gasteiger partial charge in [0.05, 0.1) is 5.02 Å². The van der Waals surface area contributed by atoms with E-state index < -0.39 is 6.23 Å². The summed E-state index contributed by atoms with van der Waals surface area (Å²) in [6, 6.07) is 9.26. The molecule has 1 saturated carbocycles. The number of aromatic nitrogens is 1. The van der Waals surface area contributed by atoms with Crippen molar-refractivity contribution in [1.82, 2.24) is 10.3 Å². The first kappa shape index (κ1) is 17.6. The minimum absolute atomic E-state index is 0.0145. The highest BCUT2D eigenvalue weighted by atomic mass is 35.5. The van der Waals surface area contributed by atoms with Crippen LogP contribution in [-0.4, -0.2) is 27.5 Å². The molecule has 1 aliphatic carbocycles. The normalized spacial score (nSPS) is 23.9. The third kappa shape index (κ3) is 3.65. The number of benzene rings is 1. The smallest absolute Gasteiger partial charge is 0.251 e. The number of hydrogen-bond donors (Lipinski definition) is 4. The lowest BCUT2D eigenvalue weighted by Gasteiger charge is -2.22. The topological polar surface area (TPSA) is 85.4 Å². The number of aromatic amines is 1. The fourth-order valence-electron chi connectivity index (χ4n) is 3.87. The predicted molar refractivity (Wildman–Crippen MR) is 101 cm³/mol. The van der Waals surface area contributed by atoms with Crippen molar-refractivity contribution in [3.63, 3.8) is 0 Å². The molecule has 26 heavy (non-hydrogen) atoms. The summed E-state index contributed by atoms with van der Waals surface area (Å²) in [4.78, 5) is 15.6. The lowest BCUT2D eigenvalue weighted by molar-refractivity contribution is 0.153. The van der Waals surface area contributed by atoms with Crippen molar-refractivity contribution in [2.45, 2.75) is 56.2 Å². The van der Waals surface area contributed by atoms with Gasteiger partial charge in [0.25, 0.3) is 5.56 Å². The van der Waals surface area contributed by atoms with Crippen LogP contribution >= 0.6 is 11.6 Å². The molecule has 1 aromatic heterocycles. The summed E-state index contributed by atoms with van der Waals surface area (Å²) in [7, 11) is 0. The Morgan fingerprint density at radius 3 is 2.58 bits per heavy atom. The van der Waals surface area contributed by atoms with E-state index in [1.807, 2.05) is 18.2 Å². The van der Waals surface area contributed by atoms with E-state index in [1.165, 1.54) is 0 Å². The maximum absolute atomic E-state index is 12.5. The average Bonchev–Trinajstić information content (AvgIpc) is 3.37. The summed E-state index contributed by atoms with van der Waals surface area (Å²) in [5.74, 6) is 0.374. The number of halogens is 1. The van der Waals surface area contributed by atoms with Crippen LogP contribution in [0.25, 0.3) is 0 Å². The number of aromatic hydroxyl groups is 1. The molecule has 4 N–H and O–H groups in total. The predicted octanol–water partition coefficient (Wildman–Crippen LogP) is 3.20. The molecule has 5 nitrogen and oxygen atoms in total. The molecule has 0 spiro atoms. The van der Waals surface area contributed by atoms with Crippen molar-refractivity contribution < 1.29 is 10.2 Å². The average molecular weight is 375 g/mol. The van der Waals surface area contributed by atoms with Gasteiger partial charge in [-0.25, -0.2) is 0 Å². The highest BCUT2D eigenvalue weighted by Gasteiger charge is 2.29. The van der Waals surface area contributed by atoms with Crippen molar-refractivity contribution in [2.75, 3.05) is 0 Å². The van der Waals surface area contributed by atoms with Crippen LogP contribution in [0.5, 0.6) is 5.75 Å². The molecule has 2 fully saturated rings. The van der Waals surface area contributed by atoms with E-state index >= 15 is 0 Å². The SMILES string of the molecule is O=c1[nH]c(C(C[C@H]2CCC(O)N2)c2ccc(O)c(Cl)c2)ccc1C1CC1. The molecule has 0 radical (unpaired) electrons. The van der Waals surface area contributed by atoms with Crippen LogP contribution in [0.2, 0.25) is 5.02 Å². The van der Waals surface area contributed by atoms with Crippen molar-refractivity contribution in [1.29, 1.82) is 0 Å². The molecule has 1 saturated heterocycles. The number of aliphatic hydroxyl groups excluding tert-OH is 1. The molecule has 4 rings (SSSR count). The van der Waals surface area contributed by atoms with Gasteiger partial charge in [0.15, 0.2) is 0 Å². The molecule has 3 atom stereocenters. The first-order valence-corrected chi connectivity index (χ1v) is 9.54. The van der Waals surface area contributed by atoms with Crippen molar-refractivity contribution >= 4 is 11.6 Å². The highest BCUT2D eigenvalue weighted by molar-refractivity contribution is 6.32. The Hall–Kier alpha value is -1.82. The van der Waals surface area contributed by atoms with Crippen molar-refractivity contribution in [2.24, 2.45) is 0 Å². The van der Waals surface area contributed by atoms with E-state index in [1.54, 1.807) is 12.1 Å². The van der Waals surface area contributed by atoms with Crippen LogP contribution in [0, 0.1) is 0 Å². The van der Waals surface area contributed by atoms with E-state index in [0.29, 0.717) is 10.9 Å². The second-order valence-corrected chi connectivity index (χ2v) is 7.84.